The van der Waals surface area contributed by atoms with Gasteiger partial charge in [0.25, 0.3) is 0 Å². The molecule has 29 heavy (non-hydrogen) atoms. The molecule has 1 aliphatic heterocycles. The number of H-pyrrole nitrogens is 1. The summed E-state index contributed by atoms with van der Waals surface area (Å²) in [5, 5.41) is 16.9. The van der Waals surface area contributed by atoms with Crippen LogP contribution in [0.1, 0.15) is 30.4 Å². The lowest BCUT2D eigenvalue weighted by atomic mass is 9.83. The highest BCUT2D eigenvalue weighted by Crippen LogP contribution is 2.45. The Hall–Kier alpha value is -3.79. The number of fused-ring (bicyclic) bond motifs is 1. The van der Waals surface area contributed by atoms with E-state index in [0.717, 1.165) is 17.7 Å². The summed E-state index contributed by atoms with van der Waals surface area (Å²) in [4.78, 5) is 0. The minimum atomic E-state index is -0.593. The van der Waals surface area contributed by atoms with Gasteiger partial charge < -0.3 is 15.2 Å². The molecule has 0 spiro atoms. The molecule has 1 aromatic heterocycles. The SMILES string of the molecule is CCCOc1ccc(-c2[nH]nc3c2[C@@H](c2cccc(F)c2)C(C#N)=C(N)O3)cc1. The minimum Gasteiger partial charge on any atom is -0.494 e. The van der Waals surface area contributed by atoms with Gasteiger partial charge in [-0.1, -0.05) is 19.1 Å². The first-order valence-electron chi connectivity index (χ1n) is 9.27. The molecule has 3 N–H and O–H groups in total. The highest BCUT2D eigenvalue weighted by molar-refractivity contribution is 5.71. The quantitative estimate of drug-likeness (QED) is 0.680. The van der Waals surface area contributed by atoms with Crippen molar-refractivity contribution < 1.29 is 13.9 Å². The van der Waals surface area contributed by atoms with Gasteiger partial charge in [-0.25, -0.2) is 4.39 Å². The van der Waals surface area contributed by atoms with E-state index in [1.54, 1.807) is 12.1 Å². The van der Waals surface area contributed by atoms with Gasteiger partial charge in [0.05, 0.1) is 23.8 Å². The molecule has 3 aromatic rings. The fourth-order valence-corrected chi connectivity index (χ4v) is 3.42. The van der Waals surface area contributed by atoms with E-state index in [9.17, 15) is 9.65 Å². The number of halogens is 1. The lowest BCUT2D eigenvalue weighted by Gasteiger charge is -2.24. The molecule has 0 bridgehead atoms. The molecule has 0 saturated heterocycles. The molecule has 0 aliphatic carbocycles. The van der Waals surface area contributed by atoms with Gasteiger partial charge in [-0.3, -0.25) is 5.10 Å². The topological polar surface area (TPSA) is 97.0 Å². The molecular weight excluding hydrogens is 371 g/mol. The summed E-state index contributed by atoms with van der Waals surface area (Å²) in [7, 11) is 0. The van der Waals surface area contributed by atoms with Crippen molar-refractivity contribution in [3.63, 3.8) is 0 Å². The van der Waals surface area contributed by atoms with Crippen molar-refractivity contribution in [3.8, 4) is 29.0 Å². The average Bonchev–Trinajstić information content (AvgIpc) is 3.14. The molecule has 2 heterocycles. The summed E-state index contributed by atoms with van der Waals surface area (Å²) in [6.07, 6.45) is 0.924. The smallest absolute Gasteiger partial charge is 0.244 e. The van der Waals surface area contributed by atoms with Crippen molar-refractivity contribution in [3.05, 3.63) is 76.9 Å². The van der Waals surface area contributed by atoms with Crippen LogP contribution in [-0.2, 0) is 0 Å². The summed E-state index contributed by atoms with van der Waals surface area (Å²) in [6.45, 7) is 2.69. The van der Waals surface area contributed by atoms with E-state index in [1.807, 2.05) is 31.2 Å². The monoisotopic (exact) mass is 390 g/mol. The molecule has 0 unspecified atom stereocenters. The average molecular weight is 390 g/mol. The largest absolute Gasteiger partial charge is 0.494 e. The van der Waals surface area contributed by atoms with E-state index in [4.69, 9.17) is 15.2 Å². The molecule has 1 atom stereocenters. The predicted molar refractivity (Wildman–Crippen MR) is 106 cm³/mol. The van der Waals surface area contributed by atoms with Crippen molar-refractivity contribution in [2.24, 2.45) is 5.73 Å². The molecule has 0 radical (unpaired) electrons. The Balaban J connectivity index is 1.82. The maximum Gasteiger partial charge on any atom is 0.244 e. The van der Waals surface area contributed by atoms with Gasteiger partial charge in [0.1, 0.15) is 23.2 Å². The third-order valence-corrected chi connectivity index (χ3v) is 4.74. The molecule has 0 amide bonds. The number of aromatic nitrogens is 2. The van der Waals surface area contributed by atoms with E-state index in [0.29, 0.717) is 23.4 Å². The van der Waals surface area contributed by atoms with E-state index < -0.39 is 11.7 Å². The van der Waals surface area contributed by atoms with Gasteiger partial charge in [-0.15, -0.1) is 5.10 Å². The Bertz CT molecular complexity index is 1110. The van der Waals surface area contributed by atoms with Crippen LogP contribution >= 0.6 is 0 Å². The second-order valence-corrected chi connectivity index (χ2v) is 6.67. The highest BCUT2D eigenvalue weighted by Gasteiger charge is 2.35. The highest BCUT2D eigenvalue weighted by atomic mass is 19.1. The second-order valence-electron chi connectivity index (χ2n) is 6.67. The molecule has 7 heteroatoms. The van der Waals surface area contributed by atoms with Gasteiger partial charge >= 0.3 is 0 Å². The molecule has 0 saturated carbocycles. The molecule has 4 rings (SSSR count). The predicted octanol–water partition coefficient (Wildman–Crippen LogP) is 4.22. The first-order valence-corrected chi connectivity index (χ1v) is 9.27. The maximum atomic E-state index is 13.9. The van der Waals surface area contributed by atoms with Gasteiger partial charge in [0.15, 0.2) is 0 Å². The first kappa shape index (κ1) is 18.6. The number of benzene rings is 2. The van der Waals surface area contributed by atoms with Crippen LogP contribution in [0.15, 0.2) is 60.0 Å². The van der Waals surface area contributed by atoms with E-state index >= 15 is 0 Å². The summed E-state index contributed by atoms with van der Waals surface area (Å²) in [6, 6.07) is 15.7. The molecule has 6 nitrogen and oxygen atoms in total. The second kappa shape index (κ2) is 7.68. The fraction of sp³-hybridized carbons (Fsp3) is 0.182. The number of aromatic amines is 1. The Labute approximate surface area is 167 Å². The van der Waals surface area contributed by atoms with Crippen LogP contribution in [-0.4, -0.2) is 16.8 Å². The van der Waals surface area contributed by atoms with Crippen molar-refractivity contribution >= 4 is 0 Å². The number of nitrogens with zero attached hydrogens (tertiary/aromatic N) is 2. The third-order valence-electron chi connectivity index (χ3n) is 4.74. The zero-order chi connectivity index (χ0) is 20.4. The number of hydrogen-bond acceptors (Lipinski definition) is 5. The van der Waals surface area contributed by atoms with Crippen molar-refractivity contribution in [2.45, 2.75) is 19.3 Å². The molecule has 0 fully saturated rings. The third kappa shape index (κ3) is 3.41. The molecule has 1 aliphatic rings. The van der Waals surface area contributed by atoms with Crippen molar-refractivity contribution in [1.29, 1.82) is 5.26 Å². The van der Waals surface area contributed by atoms with Crippen LogP contribution < -0.4 is 15.2 Å². The Morgan fingerprint density at radius 1 is 1.28 bits per heavy atom. The van der Waals surface area contributed by atoms with Crippen LogP contribution in [0.4, 0.5) is 4.39 Å². The number of nitrogens with one attached hydrogen (secondary N) is 1. The number of hydrogen-bond donors (Lipinski definition) is 2. The zero-order valence-corrected chi connectivity index (χ0v) is 15.8. The van der Waals surface area contributed by atoms with Crippen LogP contribution in [0.25, 0.3) is 11.3 Å². The normalized spacial score (nSPS) is 15.4. The molecule has 146 valence electrons. The van der Waals surface area contributed by atoms with E-state index in [1.165, 1.54) is 12.1 Å². The van der Waals surface area contributed by atoms with Crippen molar-refractivity contribution in [2.75, 3.05) is 6.61 Å². The number of allylic oxidation sites excluding steroid dienone is 1. The van der Waals surface area contributed by atoms with Crippen LogP contribution in [0.3, 0.4) is 0 Å². The number of nitrogens with two attached hydrogens (primary N) is 1. The summed E-state index contributed by atoms with van der Waals surface area (Å²) >= 11 is 0. The molecular formula is C22H19FN4O2. The lowest BCUT2D eigenvalue weighted by Crippen LogP contribution is -2.21. The maximum absolute atomic E-state index is 13.9. The molecule has 2 aromatic carbocycles. The van der Waals surface area contributed by atoms with Crippen LogP contribution in [0, 0.1) is 17.1 Å². The van der Waals surface area contributed by atoms with Gasteiger partial charge in [0, 0.05) is 5.56 Å². The van der Waals surface area contributed by atoms with Gasteiger partial charge in [-0.2, -0.15) is 5.26 Å². The first-order chi connectivity index (χ1) is 14.1. The number of ether oxygens (including phenoxy) is 2. The Kier molecular flexibility index (Phi) is 4.92. The zero-order valence-electron chi connectivity index (χ0n) is 15.8. The van der Waals surface area contributed by atoms with Crippen LogP contribution in [0.2, 0.25) is 0 Å². The number of rotatable bonds is 5. The summed E-state index contributed by atoms with van der Waals surface area (Å²) < 4.78 is 25.1. The summed E-state index contributed by atoms with van der Waals surface area (Å²) in [5.74, 6) is 0.0227. The number of nitriles is 1. The minimum absolute atomic E-state index is 0.0318. The van der Waals surface area contributed by atoms with E-state index in [-0.39, 0.29) is 17.3 Å². The summed E-state index contributed by atoms with van der Waals surface area (Å²) in [5.41, 5.74) is 8.93. The Morgan fingerprint density at radius 3 is 2.76 bits per heavy atom. The van der Waals surface area contributed by atoms with Crippen LogP contribution in [0.5, 0.6) is 11.6 Å². The Morgan fingerprint density at radius 2 is 2.07 bits per heavy atom. The standard InChI is InChI=1S/C22H19FN4O2/c1-2-10-28-16-8-6-13(7-9-16)20-19-18(14-4-3-5-15(23)11-14)17(12-24)21(25)29-22(19)27-26-20/h3-9,11,18H,2,10,25H2,1H3,(H,26,27)/t18-/m0/s1. The van der Waals surface area contributed by atoms with E-state index in [2.05, 4.69) is 16.3 Å². The fourth-order valence-electron chi connectivity index (χ4n) is 3.42. The lowest BCUT2D eigenvalue weighted by molar-refractivity contribution is 0.317. The van der Waals surface area contributed by atoms with Gasteiger partial charge in [0.2, 0.25) is 11.8 Å². The van der Waals surface area contributed by atoms with Gasteiger partial charge in [-0.05, 0) is 48.4 Å². The van der Waals surface area contributed by atoms with Crippen molar-refractivity contribution in [1.82, 2.24) is 10.2 Å².